The highest BCUT2D eigenvalue weighted by Crippen LogP contribution is 2.31. The lowest BCUT2D eigenvalue weighted by atomic mass is 10.2. The second-order valence-electron chi connectivity index (χ2n) is 6.45. The standard InChI is InChI=1S/C20H21N3O4S/c1-2-23(11-15-12-25-16-5-3-4-6-17(16)26-15)19(24)8-7-18-21-20(22-27-18)14-9-10-28-13-14/h3-6,9-10,13,15H,2,7-8,11-12H2,1H3. The third kappa shape index (κ3) is 4.17. The molecule has 1 amide bonds. The van der Waals surface area contributed by atoms with Crippen LogP contribution in [0.3, 0.4) is 0 Å². The Bertz CT molecular complexity index is 925. The summed E-state index contributed by atoms with van der Waals surface area (Å²) in [5.74, 6) is 2.51. The van der Waals surface area contributed by atoms with Gasteiger partial charge in [-0.2, -0.15) is 16.3 Å². The van der Waals surface area contributed by atoms with E-state index < -0.39 is 0 Å². The van der Waals surface area contributed by atoms with Crippen LogP contribution in [0, 0.1) is 0 Å². The second-order valence-corrected chi connectivity index (χ2v) is 7.23. The Morgan fingerprint density at radius 3 is 2.93 bits per heavy atom. The highest BCUT2D eigenvalue weighted by Gasteiger charge is 2.25. The first-order chi connectivity index (χ1) is 13.7. The highest BCUT2D eigenvalue weighted by molar-refractivity contribution is 7.08. The molecule has 0 fully saturated rings. The third-order valence-electron chi connectivity index (χ3n) is 4.53. The molecular weight excluding hydrogens is 378 g/mol. The molecule has 0 bridgehead atoms. The number of hydrogen-bond acceptors (Lipinski definition) is 7. The topological polar surface area (TPSA) is 77.7 Å². The Morgan fingerprint density at radius 2 is 2.14 bits per heavy atom. The van der Waals surface area contributed by atoms with Crippen LogP contribution in [0.5, 0.6) is 11.5 Å². The summed E-state index contributed by atoms with van der Waals surface area (Å²) in [4.78, 5) is 18.8. The van der Waals surface area contributed by atoms with Crippen molar-refractivity contribution in [2.75, 3.05) is 19.7 Å². The fourth-order valence-electron chi connectivity index (χ4n) is 3.04. The smallest absolute Gasteiger partial charge is 0.227 e. The van der Waals surface area contributed by atoms with Gasteiger partial charge in [-0.05, 0) is 30.5 Å². The summed E-state index contributed by atoms with van der Waals surface area (Å²) in [6.45, 7) is 3.46. The van der Waals surface area contributed by atoms with Gasteiger partial charge in [0.25, 0.3) is 0 Å². The maximum absolute atomic E-state index is 12.6. The molecule has 0 saturated carbocycles. The first-order valence-corrected chi connectivity index (χ1v) is 10.2. The van der Waals surface area contributed by atoms with Crippen molar-refractivity contribution in [1.82, 2.24) is 15.0 Å². The first kappa shape index (κ1) is 18.5. The van der Waals surface area contributed by atoms with Crippen molar-refractivity contribution in [2.24, 2.45) is 0 Å². The Balaban J connectivity index is 1.31. The number of ether oxygens (including phenoxy) is 2. The normalized spacial score (nSPS) is 15.4. The number of aryl methyl sites for hydroxylation is 1. The molecule has 146 valence electrons. The molecule has 7 nitrogen and oxygen atoms in total. The van der Waals surface area contributed by atoms with Gasteiger partial charge < -0.3 is 18.9 Å². The van der Waals surface area contributed by atoms with Crippen molar-refractivity contribution in [1.29, 1.82) is 0 Å². The van der Waals surface area contributed by atoms with Crippen LogP contribution in [0.15, 0.2) is 45.6 Å². The summed E-state index contributed by atoms with van der Waals surface area (Å²) in [5, 5.41) is 7.90. The Labute approximate surface area is 166 Å². The van der Waals surface area contributed by atoms with Gasteiger partial charge in [0.15, 0.2) is 17.6 Å². The van der Waals surface area contributed by atoms with Crippen LogP contribution < -0.4 is 9.47 Å². The Morgan fingerprint density at radius 1 is 1.29 bits per heavy atom. The number of carbonyl (C=O) groups is 1. The summed E-state index contributed by atoms with van der Waals surface area (Å²) in [7, 11) is 0. The van der Waals surface area contributed by atoms with Gasteiger partial charge in [0, 0.05) is 30.3 Å². The van der Waals surface area contributed by atoms with E-state index in [1.54, 1.807) is 16.2 Å². The van der Waals surface area contributed by atoms with Gasteiger partial charge in [-0.25, -0.2) is 0 Å². The Hall–Kier alpha value is -2.87. The summed E-state index contributed by atoms with van der Waals surface area (Å²) in [5.41, 5.74) is 0.927. The predicted octanol–water partition coefficient (Wildman–Crippen LogP) is 3.42. The first-order valence-electron chi connectivity index (χ1n) is 9.24. The average molecular weight is 399 g/mol. The van der Waals surface area contributed by atoms with Crippen LogP contribution >= 0.6 is 11.3 Å². The molecule has 4 rings (SSSR count). The number of thiophene rings is 1. The number of aromatic nitrogens is 2. The van der Waals surface area contributed by atoms with E-state index in [9.17, 15) is 4.79 Å². The molecule has 2 aromatic heterocycles. The van der Waals surface area contributed by atoms with E-state index in [4.69, 9.17) is 14.0 Å². The molecule has 1 atom stereocenters. The minimum absolute atomic E-state index is 0.0280. The van der Waals surface area contributed by atoms with E-state index in [1.165, 1.54) is 0 Å². The molecule has 1 aliphatic heterocycles. The molecule has 0 radical (unpaired) electrons. The maximum Gasteiger partial charge on any atom is 0.227 e. The van der Waals surface area contributed by atoms with E-state index in [-0.39, 0.29) is 12.0 Å². The lowest BCUT2D eigenvalue weighted by Crippen LogP contribution is -2.43. The minimum Gasteiger partial charge on any atom is -0.486 e. The van der Waals surface area contributed by atoms with Crippen molar-refractivity contribution < 1.29 is 18.8 Å². The fraction of sp³-hybridized carbons (Fsp3) is 0.350. The summed E-state index contributed by atoms with van der Waals surface area (Å²) >= 11 is 1.58. The van der Waals surface area contributed by atoms with Crippen LogP contribution in [-0.2, 0) is 11.2 Å². The molecule has 28 heavy (non-hydrogen) atoms. The van der Waals surface area contributed by atoms with Gasteiger partial charge in [-0.1, -0.05) is 17.3 Å². The second kappa shape index (κ2) is 8.43. The van der Waals surface area contributed by atoms with Crippen molar-refractivity contribution in [2.45, 2.75) is 25.9 Å². The lowest BCUT2D eigenvalue weighted by Gasteiger charge is -2.30. The molecule has 0 saturated heterocycles. The number of likely N-dealkylation sites (N-methyl/N-ethyl adjacent to an activating group) is 1. The highest BCUT2D eigenvalue weighted by atomic mass is 32.1. The fourth-order valence-corrected chi connectivity index (χ4v) is 3.68. The van der Waals surface area contributed by atoms with Gasteiger partial charge in [0.1, 0.15) is 6.61 Å². The molecule has 1 aliphatic rings. The van der Waals surface area contributed by atoms with E-state index in [1.807, 2.05) is 48.0 Å². The number of para-hydroxylation sites is 2. The van der Waals surface area contributed by atoms with Gasteiger partial charge in [0.2, 0.25) is 17.6 Å². The average Bonchev–Trinajstić information content (AvgIpc) is 3.41. The van der Waals surface area contributed by atoms with Crippen LogP contribution in [0.25, 0.3) is 11.4 Å². The lowest BCUT2D eigenvalue weighted by molar-refractivity contribution is -0.132. The molecular formula is C20H21N3O4S. The zero-order chi connectivity index (χ0) is 19.3. The number of amides is 1. The van der Waals surface area contributed by atoms with E-state index >= 15 is 0 Å². The molecule has 0 spiro atoms. The molecule has 1 unspecified atom stereocenters. The number of carbonyl (C=O) groups excluding carboxylic acids is 1. The number of nitrogens with zero attached hydrogens (tertiary/aromatic N) is 3. The third-order valence-corrected chi connectivity index (χ3v) is 5.21. The monoisotopic (exact) mass is 399 g/mol. The van der Waals surface area contributed by atoms with Crippen LogP contribution in [0.2, 0.25) is 0 Å². The van der Waals surface area contributed by atoms with Crippen molar-refractivity contribution in [3.05, 3.63) is 47.0 Å². The summed E-state index contributed by atoms with van der Waals surface area (Å²) < 4.78 is 17.0. The number of rotatable bonds is 7. The molecule has 0 N–H and O–H groups in total. The molecule has 0 aliphatic carbocycles. The van der Waals surface area contributed by atoms with E-state index in [0.717, 1.165) is 11.3 Å². The quantitative estimate of drug-likeness (QED) is 0.606. The van der Waals surface area contributed by atoms with Crippen LogP contribution in [0.1, 0.15) is 19.2 Å². The van der Waals surface area contributed by atoms with E-state index in [2.05, 4.69) is 10.1 Å². The zero-order valence-electron chi connectivity index (χ0n) is 15.5. The predicted molar refractivity (Wildman–Crippen MR) is 105 cm³/mol. The van der Waals surface area contributed by atoms with E-state index in [0.29, 0.717) is 50.0 Å². The van der Waals surface area contributed by atoms with Crippen LogP contribution in [-0.4, -0.2) is 46.7 Å². The van der Waals surface area contributed by atoms with Crippen molar-refractivity contribution in [3.8, 4) is 22.9 Å². The van der Waals surface area contributed by atoms with Crippen LogP contribution in [0.4, 0.5) is 0 Å². The van der Waals surface area contributed by atoms with Crippen molar-refractivity contribution >= 4 is 17.2 Å². The summed E-state index contributed by atoms with van der Waals surface area (Å²) in [6.07, 6.45) is 0.535. The van der Waals surface area contributed by atoms with Crippen molar-refractivity contribution in [3.63, 3.8) is 0 Å². The SMILES string of the molecule is CCN(CC1COc2ccccc2O1)C(=O)CCc1nc(-c2ccsc2)no1. The number of fused-ring (bicyclic) bond motifs is 1. The molecule has 1 aromatic carbocycles. The maximum atomic E-state index is 12.6. The zero-order valence-corrected chi connectivity index (χ0v) is 16.4. The van der Waals surface area contributed by atoms with Gasteiger partial charge >= 0.3 is 0 Å². The minimum atomic E-state index is -0.188. The number of benzene rings is 1. The largest absolute Gasteiger partial charge is 0.486 e. The molecule has 8 heteroatoms. The van der Waals surface area contributed by atoms with Gasteiger partial charge in [-0.3, -0.25) is 4.79 Å². The summed E-state index contributed by atoms with van der Waals surface area (Å²) in [6, 6.07) is 9.50. The molecule has 3 heterocycles. The van der Waals surface area contributed by atoms with Gasteiger partial charge in [0.05, 0.1) is 6.54 Å². The Kier molecular flexibility index (Phi) is 5.57. The van der Waals surface area contributed by atoms with Gasteiger partial charge in [-0.15, -0.1) is 0 Å². The molecule has 3 aromatic rings. The number of hydrogen-bond donors (Lipinski definition) is 0.